The number of carbonyl (C=O) groups excluding carboxylic acids is 2. The van der Waals surface area contributed by atoms with Crippen molar-refractivity contribution in [2.45, 2.75) is 0 Å². The van der Waals surface area contributed by atoms with Gasteiger partial charge in [-0.2, -0.15) is 0 Å². The maximum atomic E-state index is 12.8. The number of hydrogen-bond donors (Lipinski definition) is 0. The molecule has 2 heterocycles. The third kappa shape index (κ3) is 4.15. The molecule has 0 bridgehead atoms. The van der Waals surface area contributed by atoms with Gasteiger partial charge in [-0.3, -0.25) is 9.59 Å². The molecule has 3 aromatic rings. The summed E-state index contributed by atoms with van der Waals surface area (Å²) in [5.74, 6) is 0.230. The van der Waals surface area contributed by atoms with Crippen LogP contribution in [0.3, 0.4) is 0 Å². The smallest absolute Gasteiger partial charge is 0.257 e. The molecule has 0 unspecified atom stereocenters. The van der Waals surface area contributed by atoms with Crippen LogP contribution in [0.5, 0.6) is 0 Å². The van der Waals surface area contributed by atoms with Crippen molar-refractivity contribution in [3.8, 4) is 11.4 Å². The molecule has 30 heavy (non-hydrogen) atoms. The lowest BCUT2D eigenvalue weighted by atomic mass is 10.1. The number of aromatic nitrogens is 2. The number of rotatable bonds is 3. The second-order valence-electron chi connectivity index (χ2n) is 6.85. The van der Waals surface area contributed by atoms with Gasteiger partial charge in [0.05, 0.1) is 21.2 Å². The predicted octanol–water partition coefficient (Wildman–Crippen LogP) is 4.05. The number of benzene rings is 2. The van der Waals surface area contributed by atoms with Crippen molar-refractivity contribution < 1.29 is 9.59 Å². The summed E-state index contributed by atoms with van der Waals surface area (Å²) in [6.07, 6.45) is 3.09. The van der Waals surface area contributed by atoms with Crippen molar-refractivity contribution in [2.24, 2.45) is 0 Å². The summed E-state index contributed by atoms with van der Waals surface area (Å²) in [7, 11) is 0. The summed E-state index contributed by atoms with van der Waals surface area (Å²) in [6.45, 7) is 1.67. The lowest BCUT2D eigenvalue weighted by molar-refractivity contribution is 0.0535. The largest absolute Gasteiger partial charge is 0.335 e. The Balaban J connectivity index is 1.40. The minimum Gasteiger partial charge on any atom is -0.335 e. The van der Waals surface area contributed by atoms with Crippen LogP contribution in [0.25, 0.3) is 11.4 Å². The molecule has 6 nitrogen and oxygen atoms in total. The van der Waals surface area contributed by atoms with Crippen molar-refractivity contribution in [1.82, 2.24) is 19.8 Å². The molecule has 0 radical (unpaired) electrons. The van der Waals surface area contributed by atoms with Crippen LogP contribution in [-0.4, -0.2) is 57.8 Å². The summed E-state index contributed by atoms with van der Waals surface area (Å²) in [5, 5.41) is 0.591. The van der Waals surface area contributed by atoms with Crippen molar-refractivity contribution in [3.05, 3.63) is 82.1 Å². The molecule has 1 aliphatic heterocycles. The highest BCUT2D eigenvalue weighted by Gasteiger charge is 2.27. The zero-order valence-electron chi connectivity index (χ0n) is 16.0. The number of halogens is 2. The molecule has 4 rings (SSSR count). The van der Waals surface area contributed by atoms with Gasteiger partial charge in [-0.05, 0) is 12.1 Å². The summed E-state index contributed by atoms with van der Waals surface area (Å²) < 4.78 is 0. The molecular formula is C22H18Cl2N4O2. The predicted molar refractivity (Wildman–Crippen MR) is 116 cm³/mol. The van der Waals surface area contributed by atoms with Crippen LogP contribution in [-0.2, 0) is 0 Å². The van der Waals surface area contributed by atoms with Gasteiger partial charge < -0.3 is 9.80 Å². The van der Waals surface area contributed by atoms with E-state index in [1.165, 1.54) is 0 Å². The molecule has 2 amide bonds. The third-order valence-electron chi connectivity index (χ3n) is 4.97. The van der Waals surface area contributed by atoms with Crippen LogP contribution in [0.2, 0.25) is 10.0 Å². The Labute approximate surface area is 184 Å². The van der Waals surface area contributed by atoms with Gasteiger partial charge in [0.15, 0.2) is 5.82 Å². The number of amides is 2. The van der Waals surface area contributed by atoms with E-state index < -0.39 is 0 Å². The SMILES string of the molecule is O=C(c1cnc(-c2ccccc2)nc1)N1CCN(C(=O)c2cccc(Cl)c2Cl)CC1. The van der Waals surface area contributed by atoms with E-state index in [2.05, 4.69) is 9.97 Å². The van der Waals surface area contributed by atoms with Crippen LogP contribution in [0.15, 0.2) is 60.9 Å². The lowest BCUT2D eigenvalue weighted by Gasteiger charge is -2.35. The Kier molecular flexibility index (Phi) is 5.97. The molecule has 0 spiro atoms. The summed E-state index contributed by atoms with van der Waals surface area (Å²) in [6, 6.07) is 14.6. The first-order valence-corrected chi connectivity index (χ1v) is 10.2. The first-order valence-electron chi connectivity index (χ1n) is 9.44. The van der Waals surface area contributed by atoms with E-state index in [4.69, 9.17) is 23.2 Å². The molecule has 0 aliphatic carbocycles. The van der Waals surface area contributed by atoms with Crippen molar-refractivity contribution in [2.75, 3.05) is 26.2 Å². The van der Waals surface area contributed by atoms with Crippen molar-refractivity contribution in [1.29, 1.82) is 0 Å². The average Bonchev–Trinajstić information content (AvgIpc) is 2.81. The van der Waals surface area contributed by atoms with Crippen LogP contribution < -0.4 is 0 Å². The normalized spacial score (nSPS) is 13.9. The Hall–Kier alpha value is -2.96. The molecule has 1 aromatic heterocycles. The first kappa shape index (κ1) is 20.3. The maximum Gasteiger partial charge on any atom is 0.257 e. The van der Waals surface area contributed by atoms with E-state index >= 15 is 0 Å². The molecular weight excluding hydrogens is 423 g/mol. The molecule has 152 valence electrons. The topological polar surface area (TPSA) is 66.4 Å². The molecule has 0 atom stereocenters. The van der Waals surface area contributed by atoms with E-state index in [-0.39, 0.29) is 16.8 Å². The van der Waals surface area contributed by atoms with E-state index in [9.17, 15) is 9.59 Å². The number of carbonyl (C=O) groups is 2. The Morgan fingerprint density at radius 3 is 2.00 bits per heavy atom. The monoisotopic (exact) mass is 440 g/mol. The molecule has 0 N–H and O–H groups in total. The second kappa shape index (κ2) is 8.81. The van der Waals surface area contributed by atoms with Gasteiger partial charge in [-0.25, -0.2) is 9.97 Å². The molecule has 1 fully saturated rings. The minimum absolute atomic E-state index is 0.150. The van der Waals surface area contributed by atoms with Crippen LogP contribution in [0.1, 0.15) is 20.7 Å². The zero-order valence-corrected chi connectivity index (χ0v) is 17.5. The molecule has 8 heteroatoms. The Morgan fingerprint density at radius 2 is 1.37 bits per heavy atom. The van der Waals surface area contributed by atoms with Crippen LogP contribution >= 0.6 is 23.2 Å². The van der Waals surface area contributed by atoms with Gasteiger partial charge in [0.1, 0.15) is 0 Å². The van der Waals surface area contributed by atoms with Crippen LogP contribution in [0.4, 0.5) is 0 Å². The van der Waals surface area contributed by atoms with E-state index in [1.54, 1.807) is 40.4 Å². The van der Waals surface area contributed by atoms with Gasteiger partial charge in [0.2, 0.25) is 0 Å². The maximum absolute atomic E-state index is 12.8. The number of hydrogen-bond acceptors (Lipinski definition) is 4. The summed E-state index contributed by atoms with van der Waals surface area (Å²) >= 11 is 12.2. The highest BCUT2D eigenvalue weighted by Crippen LogP contribution is 2.27. The van der Waals surface area contributed by atoms with Gasteiger partial charge in [0.25, 0.3) is 11.8 Å². The fourth-order valence-electron chi connectivity index (χ4n) is 3.31. The molecule has 2 aromatic carbocycles. The van der Waals surface area contributed by atoms with E-state index in [0.717, 1.165) is 5.56 Å². The summed E-state index contributed by atoms with van der Waals surface area (Å²) in [5.41, 5.74) is 1.68. The molecule has 1 saturated heterocycles. The quantitative estimate of drug-likeness (QED) is 0.615. The number of nitrogens with zero attached hydrogens (tertiary/aromatic N) is 4. The third-order valence-corrected chi connectivity index (χ3v) is 5.79. The molecule has 1 aliphatic rings. The van der Waals surface area contributed by atoms with Crippen molar-refractivity contribution >= 4 is 35.0 Å². The first-order chi connectivity index (χ1) is 14.5. The fourth-order valence-corrected chi connectivity index (χ4v) is 3.69. The van der Waals surface area contributed by atoms with E-state index in [0.29, 0.717) is 48.2 Å². The fraction of sp³-hybridized carbons (Fsp3) is 0.182. The van der Waals surface area contributed by atoms with E-state index in [1.807, 2.05) is 30.3 Å². The van der Waals surface area contributed by atoms with Gasteiger partial charge in [-0.15, -0.1) is 0 Å². The Bertz CT molecular complexity index is 1070. The lowest BCUT2D eigenvalue weighted by Crippen LogP contribution is -2.50. The van der Waals surface area contributed by atoms with Crippen LogP contribution in [0, 0.1) is 0 Å². The van der Waals surface area contributed by atoms with Crippen molar-refractivity contribution in [3.63, 3.8) is 0 Å². The van der Waals surface area contributed by atoms with Gasteiger partial charge >= 0.3 is 0 Å². The molecule has 0 saturated carbocycles. The Morgan fingerprint density at radius 1 is 0.767 bits per heavy atom. The van der Waals surface area contributed by atoms with Gasteiger partial charge in [-0.1, -0.05) is 59.6 Å². The summed E-state index contributed by atoms with van der Waals surface area (Å²) in [4.78, 5) is 37.6. The highest BCUT2D eigenvalue weighted by atomic mass is 35.5. The standard InChI is InChI=1S/C22H18Cl2N4O2/c23-18-8-4-7-17(19(18)24)22(30)28-11-9-27(10-12-28)21(29)16-13-25-20(26-14-16)15-5-2-1-3-6-15/h1-8,13-14H,9-12H2. The second-order valence-corrected chi connectivity index (χ2v) is 7.63. The number of piperazine rings is 1. The average molecular weight is 441 g/mol. The zero-order chi connectivity index (χ0) is 21.1. The van der Waals surface area contributed by atoms with Gasteiger partial charge in [0, 0.05) is 44.1 Å². The minimum atomic E-state index is -0.190. The highest BCUT2D eigenvalue weighted by molar-refractivity contribution is 6.43.